The predicted molar refractivity (Wildman–Crippen MR) is 85.9 cm³/mol. The number of hydrogen-bond donors (Lipinski definition) is 0. The van der Waals surface area contributed by atoms with Crippen LogP contribution >= 0.6 is 0 Å². The Hall–Kier alpha value is -3.16. The Morgan fingerprint density at radius 2 is 2.00 bits per heavy atom. The molecule has 0 aliphatic carbocycles. The van der Waals surface area contributed by atoms with E-state index in [2.05, 4.69) is 10.1 Å². The minimum absolute atomic E-state index is 0.0360. The summed E-state index contributed by atoms with van der Waals surface area (Å²) in [6, 6.07) is 7.35. The van der Waals surface area contributed by atoms with Crippen LogP contribution in [-0.4, -0.2) is 26.8 Å². The van der Waals surface area contributed by atoms with E-state index in [1.54, 1.807) is 25.6 Å². The lowest BCUT2D eigenvalue weighted by Crippen LogP contribution is -2.04. The van der Waals surface area contributed by atoms with Gasteiger partial charge >= 0.3 is 5.69 Å². The summed E-state index contributed by atoms with van der Waals surface area (Å²) in [5.74, 6) is 1.23. The second-order valence-electron chi connectivity index (χ2n) is 5.31. The molecule has 1 aromatic carbocycles. The molecular formula is C16H16N4O4. The van der Waals surface area contributed by atoms with Crippen molar-refractivity contribution in [3.63, 3.8) is 0 Å². The third-order valence-corrected chi connectivity index (χ3v) is 3.73. The molecule has 8 nitrogen and oxygen atoms in total. The summed E-state index contributed by atoms with van der Waals surface area (Å²) in [4.78, 5) is 15.1. The van der Waals surface area contributed by atoms with Gasteiger partial charge in [0.25, 0.3) is 0 Å². The molecule has 0 aliphatic heterocycles. The van der Waals surface area contributed by atoms with Gasteiger partial charge in [0.2, 0.25) is 5.89 Å². The number of nitrogens with zero attached hydrogens (tertiary/aromatic N) is 4. The van der Waals surface area contributed by atoms with E-state index in [1.807, 2.05) is 24.3 Å². The van der Waals surface area contributed by atoms with Crippen molar-refractivity contribution in [2.45, 2.75) is 20.4 Å². The van der Waals surface area contributed by atoms with Gasteiger partial charge in [0.05, 0.1) is 18.6 Å². The van der Waals surface area contributed by atoms with Crippen LogP contribution in [0.15, 0.2) is 34.9 Å². The molecule has 0 amide bonds. The standard InChI is InChI=1S/C16H16N4O4/c1-10-15(20(21)22)11(2)19(18-10)8-13-9-24-16(17-13)12-4-6-14(23-3)7-5-12/h4-7,9H,8H2,1-3H3. The Morgan fingerprint density at radius 1 is 1.29 bits per heavy atom. The third-order valence-electron chi connectivity index (χ3n) is 3.73. The fourth-order valence-electron chi connectivity index (χ4n) is 2.50. The van der Waals surface area contributed by atoms with Gasteiger partial charge in [-0.25, -0.2) is 4.98 Å². The number of hydrogen-bond acceptors (Lipinski definition) is 6. The van der Waals surface area contributed by atoms with Crippen molar-refractivity contribution in [2.24, 2.45) is 0 Å². The van der Waals surface area contributed by atoms with Crippen LogP contribution in [0.25, 0.3) is 11.5 Å². The fourth-order valence-corrected chi connectivity index (χ4v) is 2.50. The predicted octanol–water partition coefficient (Wildman–Crippen LogP) is 3.12. The molecular weight excluding hydrogens is 312 g/mol. The third kappa shape index (κ3) is 2.85. The van der Waals surface area contributed by atoms with Crippen molar-refractivity contribution in [3.05, 3.63) is 57.7 Å². The normalized spacial score (nSPS) is 10.8. The average molecular weight is 328 g/mol. The molecule has 0 bridgehead atoms. The first-order valence-electron chi connectivity index (χ1n) is 7.27. The van der Waals surface area contributed by atoms with Crippen molar-refractivity contribution >= 4 is 5.69 Å². The maximum Gasteiger partial charge on any atom is 0.312 e. The molecule has 0 aliphatic rings. The van der Waals surface area contributed by atoms with Gasteiger partial charge in [0.1, 0.15) is 29.1 Å². The number of rotatable bonds is 5. The zero-order valence-electron chi connectivity index (χ0n) is 13.5. The minimum Gasteiger partial charge on any atom is -0.497 e. The molecule has 3 aromatic rings. The van der Waals surface area contributed by atoms with Crippen molar-refractivity contribution < 1.29 is 14.1 Å². The van der Waals surface area contributed by atoms with E-state index in [4.69, 9.17) is 9.15 Å². The first-order valence-corrected chi connectivity index (χ1v) is 7.27. The van der Waals surface area contributed by atoms with E-state index in [-0.39, 0.29) is 5.69 Å². The van der Waals surface area contributed by atoms with Gasteiger partial charge < -0.3 is 9.15 Å². The van der Waals surface area contributed by atoms with Crippen molar-refractivity contribution in [3.8, 4) is 17.2 Å². The molecule has 0 saturated carbocycles. The monoisotopic (exact) mass is 328 g/mol. The van der Waals surface area contributed by atoms with E-state index in [0.29, 0.717) is 29.5 Å². The highest BCUT2D eigenvalue weighted by Crippen LogP contribution is 2.24. The second-order valence-corrected chi connectivity index (χ2v) is 5.31. The smallest absolute Gasteiger partial charge is 0.312 e. The van der Waals surface area contributed by atoms with Gasteiger partial charge in [-0.3, -0.25) is 14.8 Å². The highest BCUT2D eigenvalue weighted by Gasteiger charge is 2.22. The molecule has 0 saturated heterocycles. The summed E-state index contributed by atoms with van der Waals surface area (Å²) in [5, 5.41) is 15.3. The summed E-state index contributed by atoms with van der Waals surface area (Å²) in [6.45, 7) is 3.59. The van der Waals surface area contributed by atoms with E-state index >= 15 is 0 Å². The number of nitro groups is 1. The molecule has 24 heavy (non-hydrogen) atoms. The summed E-state index contributed by atoms with van der Waals surface area (Å²) in [6.07, 6.45) is 1.53. The zero-order valence-corrected chi connectivity index (χ0v) is 13.5. The van der Waals surface area contributed by atoms with Gasteiger partial charge in [0, 0.05) is 5.56 Å². The number of benzene rings is 1. The first kappa shape index (κ1) is 15.7. The largest absolute Gasteiger partial charge is 0.497 e. The molecule has 2 aromatic heterocycles. The topological polar surface area (TPSA) is 96.2 Å². The van der Waals surface area contributed by atoms with E-state index in [9.17, 15) is 10.1 Å². The zero-order chi connectivity index (χ0) is 17.3. The summed E-state index contributed by atoms with van der Waals surface area (Å²) < 4.78 is 12.2. The van der Waals surface area contributed by atoms with E-state index < -0.39 is 4.92 Å². The summed E-state index contributed by atoms with van der Waals surface area (Å²) >= 11 is 0. The Labute approximate surface area is 137 Å². The van der Waals surface area contributed by atoms with E-state index in [0.717, 1.165) is 11.3 Å². The van der Waals surface area contributed by atoms with Crippen LogP contribution in [0.5, 0.6) is 5.75 Å². The van der Waals surface area contributed by atoms with Crippen LogP contribution in [0.1, 0.15) is 17.1 Å². The van der Waals surface area contributed by atoms with Crippen LogP contribution in [0.4, 0.5) is 5.69 Å². The molecule has 2 heterocycles. The van der Waals surface area contributed by atoms with E-state index in [1.165, 1.54) is 6.26 Å². The Morgan fingerprint density at radius 3 is 2.58 bits per heavy atom. The molecule has 0 unspecified atom stereocenters. The van der Waals surface area contributed by atoms with Gasteiger partial charge in [-0.2, -0.15) is 5.10 Å². The van der Waals surface area contributed by atoms with Crippen LogP contribution in [0.2, 0.25) is 0 Å². The summed E-state index contributed by atoms with van der Waals surface area (Å²) in [5.41, 5.74) is 2.37. The molecule has 0 fully saturated rings. The van der Waals surface area contributed by atoms with Crippen molar-refractivity contribution in [2.75, 3.05) is 7.11 Å². The Balaban J connectivity index is 1.84. The van der Waals surface area contributed by atoms with Crippen LogP contribution in [0, 0.1) is 24.0 Å². The summed E-state index contributed by atoms with van der Waals surface area (Å²) in [7, 11) is 1.60. The quantitative estimate of drug-likeness (QED) is 0.527. The van der Waals surface area contributed by atoms with Crippen molar-refractivity contribution in [1.82, 2.24) is 14.8 Å². The number of aromatic nitrogens is 3. The number of aryl methyl sites for hydroxylation is 1. The van der Waals surface area contributed by atoms with Crippen LogP contribution < -0.4 is 4.74 Å². The molecule has 124 valence electrons. The van der Waals surface area contributed by atoms with Gasteiger partial charge in [-0.15, -0.1) is 0 Å². The van der Waals surface area contributed by atoms with Gasteiger partial charge in [-0.05, 0) is 38.1 Å². The molecule has 0 atom stereocenters. The molecule has 0 N–H and O–H groups in total. The van der Waals surface area contributed by atoms with Gasteiger partial charge in [0.15, 0.2) is 0 Å². The number of ether oxygens (including phenoxy) is 1. The highest BCUT2D eigenvalue weighted by molar-refractivity contribution is 5.54. The average Bonchev–Trinajstić information content (AvgIpc) is 3.13. The molecule has 0 radical (unpaired) electrons. The lowest BCUT2D eigenvalue weighted by atomic mass is 10.2. The van der Waals surface area contributed by atoms with Gasteiger partial charge in [-0.1, -0.05) is 0 Å². The maximum atomic E-state index is 11.1. The Kier molecular flexibility index (Phi) is 4.03. The number of oxazole rings is 1. The van der Waals surface area contributed by atoms with Crippen LogP contribution in [0.3, 0.4) is 0 Å². The van der Waals surface area contributed by atoms with Crippen molar-refractivity contribution in [1.29, 1.82) is 0 Å². The Bertz CT molecular complexity index is 880. The second kappa shape index (κ2) is 6.15. The lowest BCUT2D eigenvalue weighted by molar-refractivity contribution is -0.386. The lowest BCUT2D eigenvalue weighted by Gasteiger charge is -2.00. The fraction of sp³-hybridized carbons (Fsp3) is 0.250. The number of methoxy groups -OCH3 is 1. The molecule has 3 rings (SSSR count). The SMILES string of the molecule is COc1ccc(-c2nc(Cn3nc(C)c([N+](=O)[O-])c3C)co2)cc1. The highest BCUT2D eigenvalue weighted by atomic mass is 16.6. The maximum absolute atomic E-state index is 11.1. The van der Waals surface area contributed by atoms with Crippen LogP contribution in [-0.2, 0) is 6.54 Å². The first-order chi connectivity index (χ1) is 11.5. The molecule has 8 heteroatoms. The molecule has 0 spiro atoms. The minimum atomic E-state index is -0.417.